The molecule has 1 heterocycles. The first-order valence-corrected chi connectivity index (χ1v) is 8.20. The van der Waals surface area contributed by atoms with Crippen molar-refractivity contribution in [2.45, 2.75) is 39.5 Å². The van der Waals surface area contributed by atoms with E-state index in [1.54, 1.807) is 0 Å². The summed E-state index contributed by atoms with van der Waals surface area (Å²) in [5.41, 5.74) is 0.792. The molecule has 1 aromatic rings. The van der Waals surface area contributed by atoms with Gasteiger partial charge in [-0.15, -0.1) is 12.4 Å². The molecule has 0 N–H and O–H groups in total. The second kappa shape index (κ2) is 9.86. The van der Waals surface area contributed by atoms with E-state index in [0.29, 0.717) is 6.61 Å². The van der Waals surface area contributed by atoms with E-state index >= 15 is 0 Å². The van der Waals surface area contributed by atoms with Crippen molar-refractivity contribution in [3.05, 3.63) is 29.8 Å². The molecule has 2 rings (SSSR count). The van der Waals surface area contributed by atoms with Crippen LogP contribution >= 0.6 is 12.4 Å². The Hall–Kier alpha value is -1.06. The molecule has 0 radical (unpaired) electrons. The molecule has 1 aliphatic heterocycles. The summed E-state index contributed by atoms with van der Waals surface area (Å²) in [6.45, 7) is 7.82. The molecule has 0 spiro atoms. The summed E-state index contributed by atoms with van der Waals surface area (Å²) in [4.78, 5) is 15.0. The van der Waals surface area contributed by atoms with Crippen LogP contribution in [0.25, 0.3) is 0 Å². The van der Waals surface area contributed by atoms with Crippen LogP contribution in [0.2, 0.25) is 0 Å². The Kier molecular flexibility index (Phi) is 8.51. The van der Waals surface area contributed by atoms with Gasteiger partial charge in [0.1, 0.15) is 5.75 Å². The number of halogens is 1. The first-order valence-electron chi connectivity index (χ1n) is 8.20. The largest absolute Gasteiger partial charge is 0.494 e. The van der Waals surface area contributed by atoms with E-state index in [1.165, 1.54) is 25.7 Å². The SMILES string of the molecule is CCOc1ccc(C(=O)C(C)CN2CCCCCC2)cc1.Cl. The summed E-state index contributed by atoms with van der Waals surface area (Å²) in [5.74, 6) is 1.12. The van der Waals surface area contributed by atoms with Gasteiger partial charge in [0, 0.05) is 18.0 Å². The maximum atomic E-state index is 12.5. The van der Waals surface area contributed by atoms with Crippen molar-refractivity contribution in [3.8, 4) is 5.75 Å². The van der Waals surface area contributed by atoms with E-state index < -0.39 is 0 Å². The number of nitrogens with zero attached hydrogens (tertiary/aromatic N) is 1. The number of carbonyl (C=O) groups excluding carboxylic acids is 1. The topological polar surface area (TPSA) is 29.5 Å². The Labute approximate surface area is 140 Å². The van der Waals surface area contributed by atoms with Crippen LogP contribution in [0.3, 0.4) is 0 Å². The number of hydrogen-bond acceptors (Lipinski definition) is 3. The highest BCUT2D eigenvalue weighted by molar-refractivity contribution is 5.97. The number of carbonyl (C=O) groups is 1. The van der Waals surface area contributed by atoms with Crippen molar-refractivity contribution in [2.75, 3.05) is 26.2 Å². The van der Waals surface area contributed by atoms with Gasteiger partial charge in [-0.05, 0) is 57.1 Å². The van der Waals surface area contributed by atoms with Crippen LogP contribution < -0.4 is 4.74 Å². The normalized spacial score (nSPS) is 17.2. The fourth-order valence-electron chi connectivity index (χ4n) is 2.96. The maximum absolute atomic E-state index is 12.5. The van der Waals surface area contributed by atoms with Gasteiger partial charge in [0.05, 0.1) is 6.61 Å². The summed E-state index contributed by atoms with van der Waals surface area (Å²) in [6, 6.07) is 7.53. The van der Waals surface area contributed by atoms with Crippen molar-refractivity contribution in [3.63, 3.8) is 0 Å². The number of ether oxygens (including phenoxy) is 1. The Morgan fingerprint density at radius 1 is 1.14 bits per heavy atom. The first-order chi connectivity index (χ1) is 10.2. The van der Waals surface area contributed by atoms with Gasteiger partial charge in [0.15, 0.2) is 5.78 Å². The number of Topliss-reactive ketones (excluding diaryl/α,β-unsaturated/α-hetero) is 1. The molecule has 0 amide bonds. The highest BCUT2D eigenvalue weighted by Gasteiger charge is 2.19. The minimum absolute atomic E-state index is 0. The van der Waals surface area contributed by atoms with Gasteiger partial charge in [-0.25, -0.2) is 0 Å². The maximum Gasteiger partial charge on any atom is 0.166 e. The van der Waals surface area contributed by atoms with Crippen LogP contribution in [-0.4, -0.2) is 36.9 Å². The average Bonchev–Trinajstić information content (AvgIpc) is 2.76. The quantitative estimate of drug-likeness (QED) is 0.734. The molecule has 1 saturated heterocycles. The lowest BCUT2D eigenvalue weighted by Gasteiger charge is -2.23. The first kappa shape index (κ1) is 19.0. The fraction of sp³-hybridized carbons (Fsp3) is 0.611. The summed E-state index contributed by atoms with van der Waals surface area (Å²) >= 11 is 0. The van der Waals surface area contributed by atoms with Gasteiger partial charge in [-0.3, -0.25) is 4.79 Å². The molecule has 1 atom stereocenters. The molecule has 1 aliphatic rings. The van der Waals surface area contributed by atoms with Crippen LogP contribution in [0.5, 0.6) is 5.75 Å². The molecule has 0 aromatic heterocycles. The molecular formula is C18H28ClNO2. The molecule has 4 heteroatoms. The van der Waals surface area contributed by atoms with Crippen molar-refractivity contribution in [2.24, 2.45) is 5.92 Å². The van der Waals surface area contributed by atoms with Crippen LogP contribution in [0, 0.1) is 5.92 Å². The van der Waals surface area contributed by atoms with E-state index in [0.717, 1.165) is 30.9 Å². The lowest BCUT2D eigenvalue weighted by atomic mass is 9.98. The number of ketones is 1. The van der Waals surface area contributed by atoms with Gasteiger partial charge in [0.25, 0.3) is 0 Å². The molecule has 22 heavy (non-hydrogen) atoms. The standard InChI is InChI=1S/C18H27NO2.ClH/c1-3-21-17-10-8-16(9-11-17)18(20)15(2)14-19-12-6-4-5-7-13-19;/h8-11,15H,3-7,12-14H2,1-2H3;1H. The van der Waals surface area contributed by atoms with Crippen molar-refractivity contribution < 1.29 is 9.53 Å². The highest BCUT2D eigenvalue weighted by atomic mass is 35.5. The number of rotatable bonds is 6. The Bertz CT molecular complexity index is 439. The minimum atomic E-state index is 0. The lowest BCUT2D eigenvalue weighted by molar-refractivity contribution is 0.0895. The van der Waals surface area contributed by atoms with Crippen LogP contribution in [0.4, 0.5) is 0 Å². The second-order valence-corrected chi connectivity index (χ2v) is 5.94. The monoisotopic (exact) mass is 325 g/mol. The van der Waals surface area contributed by atoms with E-state index in [9.17, 15) is 4.79 Å². The van der Waals surface area contributed by atoms with Crippen LogP contribution in [-0.2, 0) is 0 Å². The van der Waals surface area contributed by atoms with Crippen LogP contribution in [0.1, 0.15) is 49.9 Å². The summed E-state index contributed by atoms with van der Waals surface area (Å²) in [5, 5.41) is 0. The van der Waals surface area contributed by atoms with E-state index in [1.807, 2.05) is 38.1 Å². The number of benzene rings is 1. The van der Waals surface area contributed by atoms with Crippen molar-refractivity contribution >= 4 is 18.2 Å². The molecule has 1 aromatic carbocycles. The Morgan fingerprint density at radius 2 is 1.73 bits per heavy atom. The zero-order chi connectivity index (χ0) is 15.1. The number of hydrogen-bond donors (Lipinski definition) is 0. The molecule has 0 bridgehead atoms. The van der Waals surface area contributed by atoms with Gasteiger partial charge in [-0.2, -0.15) is 0 Å². The summed E-state index contributed by atoms with van der Waals surface area (Å²) < 4.78 is 5.42. The third-order valence-corrected chi connectivity index (χ3v) is 4.13. The molecule has 3 nitrogen and oxygen atoms in total. The Morgan fingerprint density at radius 3 is 2.27 bits per heavy atom. The van der Waals surface area contributed by atoms with Crippen molar-refractivity contribution in [1.82, 2.24) is 4.90 Å². The third kappa shape index (κ3) is 5.62. The predicted octanol–water partition coefficient (Wildman–Crippen LogP) is 4.20. The third-order valence-electron chi connectivity index (χ3n) is 4.13. The highest BCUT2D eigenvalue weighted by Crippen LogP contribution is 2.17. The zero-order valence-electron chi connectivity index (χ0n) is 13.7. The average molecular weight is 326 g/mol. The van der Waals surface area contributed by atoms with Crippen molar-refractivity contribution in [1.29, 1.82) is 0 Å². The van der Waals surface area contributed by atoms with E-state index in [2.05, 4.69) is 4.90 Å². The fourth-order valence-corrected chi connectivity index (χ4v) is 2.96. The summed E-state index contributed by atoms with van der Waals surface area (Å²) in [7, 11) is 0. The molecule has 1 unspecified atom stereocenters. The smallest absolute Gasteiger partial charge is 0.166 e. The molecule has 0 saturated carbocycles. The van der Waals surface area contributed by atoms with Crippen LogP contribution in [0.15, 0.2) is 24.3 Å². The summed E-state index contributed by atoms with van der Waals surface area (Å²) in [6.07, 6.45) is 5.20. The molecule has 0 aliphatic carbocycles. The van der Waals surface area contributed by atoms with Gasteiger partial charge < -0.3 is 9.64 Å². The van der Waals surface area contributed by atoms with Gasteiger partial charge in [0.2, 0.25) is 0 Å². The van der Waals surface area contributed by atoms with Gasteiger partial charge in [-0.1, -0.05) is 19.8 Å². The predicted molar refractivity (Wildman–Crippen MR) is 93.3 cm³/mol. The molecular weight excluding hydrogens is 298 g/mol. The second-order valence-electron chi connectivity index (χ2n) is 5.94. The van der Waals surface area contributed by atoms with E-state index in [-0.39, 0.29) is 24.1 Å². The Balaban J connectivity index is 0.00000242. The number of likely N-dealkylation sites (tertiary alicyclic amines) is 1. The minimum Gasteiger partial charge on any atom is -0.494 e. The van der Waals surface area contributed by atoms with Gasteiger partial charge >= 0.3 is 0 Å². The van der Waals surface area contributed by atoms with E-state index in [4.69, 9.17) is 4.74 Å². The molecule has 1 fully saturated rings. The molecule has 124 valence electrons. The zero-order valence-corrected chi connectivity index (χ0v) is 14.5. The lowest BCUT2D eigenvalue weighted by Crippen LogP contribution is -2.32.